The number of fused-ring (bicyclic) bond motifs is 1. The fourth-order valence-corrected chi connectivity index (χ4v) is 5.99. The number of amides is 2. The van der Waals surface area contributed by atoms with Crippen molar-refractivity contribution in [2.24, 2.45) is 5.92 Å². The van der Waals surface area contributed by atoms with Crippen LogP contribution in [0.2, 0.25) is 0 Å². The van der Waals surface area contributed by atoms with E-state index < -0.39 is 0 Å². The fraction of sp³-hybridized carbons (Fsp3) is 0.692. The molecule has 5 rings (SSSR count). The van der Waals surface area contributed by atoms with Gasteiger partial charge < -0.3 is 24.6 Å². The number of carbonyl (C=O) groups excluding carboxylic acids is 2. The van der Waals surface area contributed by atoms with Gasteiger partial charge in [-0.05, 0) is 62.9 Å². The van der Waals surface area contributed by atoms with Crippen LogP contribution in [0, 0.1) is 5.92 Å². The van der Waals surface area contributed by atoms with Crippen LogP contribution in [0.1, 0.15) is 55.3 Å². The lowest BCUT2D eigenvalue weighted by atomic mass is 9.95. The van der Waals surface area contributed by atoms with Gasteiger partial charge in [0.2, 0.25) is 12.7 Å². The van der Waals surface area contributed by atoms with Crippen molar-refractivity contribution in [1.82, 2.24) is 20.0 Å². The number of hydrogen-bond donors (Lipinski definition) is 1. The smallest absolute Gasteiger partial charge is 0.254 e. The third kappa shape index (κ3) is 5.33. The van der Waals surface area contributed by atoms with Gasteiger partial charge >= 0.3 is 0 Å². The summed E-state index contributed by atoms with van der Waals surface area (Å²) < 4.78 is 10.8. The highest BCUT2D eigenvalue weighted by molar-refractivity contribution is 5.95. The molecule has 3 aliphatic heterocycles. The molecule has 2 amide bonds. The second kappa shape index (κ2) is 11.0. The van der Waals surface area contributed by atoms with Crippen LogP contribution in [0.4, 0.5) is 0 Å². The Balaban J connectivity index is 1.16. The van der Waals surface area contributed by atoms with E-state index in [-0.39, 0.29) is 24.6 Å². The number of nitrogens with zero attached hydrogens (tertiary/aromatic N) is 3. The van der Waals surface area contributed by atoms with Gasteiger partial charge in [0.05, 0.1) is 6.04 Å². The van der Waals surface area contributed by atoms with Gasteiger partial charge in [-0.15, -0.1) is 0 Å². The molecule has 0 aromatic heterocycles. The molecule has 0 bridgehead atoms. The molecular weight excluding hydrogens is 432 g/mol. The molecule has 4 aliphatic rings. The molecule has 34 heavy (non-hydrogen) atoms. The number of benzene rings is 1. The Morgan fingerprint density at radius 1 is 0.912 bits per heavy atom. The second-order valence-corrected chi connectivity index (χ2v) is 10.1. The first-order valence-corrected chi connectivity index (χ1v) is 13.1. The summed E-state index contributed by atoms with van der Waals surface area (Å²) >= 11 is 0. The zero-order valence-corrected chi connectivity index (χ0v) is 20.2. The summed E-state index contributed by atoms with van der Waals surface area (Å²) in [6.07, 6.45) is 8.55. The lowest BCUT2D eigenvalue weighted by molar-refractivity contribution is -0.129. The van der Waals surface area contributed by atoms with Crippen LogP contribution in [0.15, 0.2) is 18.2 Å². The van der Waals surface area contributed by atoms with E-state index >= 15 is 0 Å². The molecular formula is C26H38N4O4. The van der Waals surface area contributed by atoms with Gasteiger partial charge in [-0.1, -0.05) is 19.3 Å². The predicted molar refractivity (Wildman–Crippen MR) is 129 cm³/mol. The molecule has 0 spiro atoms. The van der Waals surface area contributed by atoms with Gasteiger partial charge in [-0.2, -0.15) is 0 Å². The Morgan fingerprint density at radius 2 is 1.65 bits per heavy atom. The Bertz CT molecular complexity index is 858. The number of rotatable bonds is 7. The van der Waals surface area contributed by atoms with E-state index in [1.54, 1.807) is 18.2 Å². The van der Waals surface area contributed by atoms with Gasteiger partial charge in [0.1, 0.15) is 0 Å². The van der Waals surface area contributed by atoms with Crippen molar-refractivity contribution in [3.63, 3.8) is 0 Å². The number of carbonyl (C=O) groups is 2. The van der Waals surface area contributed by atoms with E-state index in [4.69, 9.17) is 9.47 Å². The molecule has 3 heterocycles. The van der Waals surface area contributed by atoms with Gasteiger partial charge in [-0.25, -0.2) is 0 Å². The normalized spacial score (nSPS) is 22.6. The van der Waals surface area contributed by atoms with Crippen molar-refractivity contribution >= 4 is 11.8 Å². The fourth-order valence-electron chi connectivity index (χ4n) is 5.99. The van der Waals surface area contributed by atoms with Gasteiger partial charge in [0.15, 0.2) is 11.5 Å². The monoisotopic (exact) mass is 470 g/mol. The standard InChI is InChI=1S/C26H38N4O4/c31-25(27-10-13-28-11-4-1-5-12-28)24(20-6-2-3-7-20)29-14-16-30(17-15-29)26(32)21-8-9-22-23(18-21)34-19-33-22/h8-9,18,20,24H,1-7,10-17,19H2,(H,27,31)/t24-/m1/s1. The van der Waals surface area contributed by atoms with Crippen LogP contribution < -0.4 is 14.8 Å². The Kier molecular flexibility index (Phi) is 7.54. The van der Waals surface area contributed by atoms with E-state index in [1.807, 2.05) is 4.90 Å². The Labute approximate surface area is 202 Å². The van der Waals surface area contributed by atoms with Crippen molar-refractivity contribution in [3.8, 4) is 11.5 Å². The maximum absolute atomic E-state index is 13.3. The number of nitrogens with one attached hydrogen (secondary N) is 1. The molecule has 1 aromatic rings. The van der Waals surface area contributed by atoms with E-state index in [9.17, 15) is 9.59 Å². The quantitative estimate of drug-likeness (QED) is 0.660. The minimum Gasteiger partial charge on any atom is -0.454 e. The third-order valence-electron chi connectivity index (χ3n) is 7.91. The zero-order chi connectivity index (χ0) is 23.3. The van der Waals surface area contributed by atoms with E-state index in [0.29, 0.717) is 36.1 Å². The van der Waals surface area contributed by atoms with E-state index in [0.717, 1.165) is 52.1 Å². The largest absolute Gasteiger partial charge is 0.454 e. The summed E-state index contributed by atoms with van der Waals surface area (Å²) in [6.45, 7) is 6.92. The molecule has 1 atom stereocenters. The number of likely N-dealkylation sites (tertiary alicyclic amines) is 1. The van der Waals surface area contributed by atoms with Crippen molar-refractivity contribution in [2.75, 3.05) is 59.2 Å². The van der Waals surface area contributed by atoms with Crippen LogP contribution in [-0.2, 0) is 4.79 Å². The average Bonchev–Trinajstić information content (AvgIpc) is 3.57. The summed E-state index contributed by atoms with van der Waals surface area (Å²) in [7, 11) is 0. The number of piperazine rings is 1. The molecule has 1 aliphatic carbocycles. The average molecular weight is 471 g/mol. The predicted octanol–water partition coefficient (Wildman–Crippen LogP) is 2.33. The number of hydrogen-bond acceptors (Lipinski definition) is 6. The van der Waals surface area contributed by atoms with Crippen LogP contribution in [0.5, 0.6) is 11.5 Å². The third-order valence-corrected chi connectivity index (χ3v) is 7.91. The Morgan fingerprint density at radius 3 is 2.41 bits per heavy atom. The van der Waals surface area contributed by atoms with Crippen LogP contribution in [0.3, 0.4) is 0 Å². The summed E-state index contributed by atoms with van der Waals surface area (Å²) in [5.41, 5.74) is 0.625. The van der Waals surface area contributed by atoms with Crippen LogP contribution >= 0.6 is 0 Å². The van der Waals surface area contributed by atoms with Gasteiger partial charge in [0, 0.05) is 44.8 Å². The van der Waals surface area contributed by atoms with Gasteiger partial charge in [-0.3, -0.25) is 14.5 Å². The van der Waals surface area contributed by atoms with E-state index in [1.165, 1.54) is 32.1 Å². The van der Waals surface area contributed by atoms with Crippen LogP contribution in [-0.4, -0.2) is 91.7 Å². The lowest BCUT2D eigenvalue weighted by Gasteiger charge is -2.41. The summed E-state index contributed by atoms with van der Waals surface area (Å²) in [5.74, 6) is 1.94. The number of ether oxygens (including phenoxy) is 2. The highest BCUT2D eigenvalue weighted by atomic mass is 16.7. The second-order valence-electron chi connectivity index (χ2n) is 10.1. The van der Waals surface area contributed by atoms with Crippen molar-refractivity contribution in [2.45, 2.75) is 51.0 Å². The molecule has 8 heteroatoms. The SMILES string of the molecule is O=C(NCCN1CCCCC1)[C@@H](C1CCCC1)N1CCN(C(=O)c2ccc3c(c2)OCO3)CC1. The highest BCUT2D eigenvalue weighted by Crippen LogP contribution is 2.33. The summed E-state index contributed by atoms with van der Waals surface area (Å²) in [4.78, 5) is 33.1. The molecule has 1 aromatic carbocycles. The highest BCUT2D eigenvalue weighted by Gasteiger charge is 2.37. The summed E-state index contributed by atoms with van der Waals surface area (Å²) in [5, 5.41) is 3.26. The van der Waals surface area contributed by atoms with Gasteiger partial charge in [0.25, 0.3) is 5.91 Å². The number of piperidine rings is 1. The van der Waals surface area contributed by atoms with Crippen molar-refractivity contribution in [1.29, 1.82) is 0 Å². The van der Waals surface area contributed by atoms with E-state index in [2.05, 4.69) is 15.1 Å². The Hall–Kier alpha value is -2.32. The molecule has 0 unspecified atom stereocenters. The molecule has 0 radical (unpaired) electrons. The zero-order valence-electron chi connectivity index (χ0n) is 20.2. The first kappa shape index (κ1) is 23.4. The van der Waals surface area contributed by atoms with Crippen molar-refractivity contribution in [3.05, 3.63) is 23.8 Å². The molecule has 1 N–H and O–H groups in total. The molecule has 1 saturated carbocycles. The first-order valence-electron chi connectivity index (χ1n) is 13.1. The molecule has 8 nitrogen and oxygen atoms in total. The maximum atomic E-state index is 13.3. The lowest BCUT2D eigenvalue weighted by Crippen LogP contribution is -2.58. The first-order chi connectivity index (χ1) is 16.7. The molecule has 2 saturated heterocycles. The molecule has 186 valence electrons. The summed E-state index contributed by atoms with van der Waals surface area (Å²) in [6, 6.07) is 5.30. The van der Waals surface area contributed by atoms with Crippen LogP contribution in [0.25, 0.3) is 0 Å². The minimum atomic E-state index is -0.0772. The maximum Gasteiger partial charge on any atom is 0.254 e. The minimum absolute atomic E-state index is 0.0151. The molecule has 3 fully saturated rings. The topological polar surface area (TPSA) is 74.4 Å². The van der Waals surface area contributed by atoms with Crippen molar-refractivity contribution < 1.29 is 19.1 Å².